The van der Waals surface area contributed by atoms with Crippen LogP contribution in [0.15, 0.2) is 71.9 Å². The van der Waals surface area contributed by atoms with Gasteiger partial charge in [-0.05, 0) is 60.2 Å². The normalized spacial score (nSPS) is 11.1. The van der Waals surface area contributed by atoms with Gasteiger partial charge in [0.05, 0.1) is 10.6 Å². The van der Waals surface area contributed by atoms with Crippen molar-refractivity contribution in [2.75, 3.05) is 5.32 Å². The molecular weight excluding hydrogens is 370 g/mol. The molecule has 9 heteroatoms. The van der Waals surface area contributed by atoms with Crippen LogP contribution in [0.5, 0.6) is 0 Å². The largest absolute Gasteiger partial charge is 0.358 e. The first-order chi connectivity index (χ1) is 12.4. The lowest BCUT2D eigenvalue weighted by atomic mass is 10.2. The molecule has 0 fully saturated rings. The van der Waals surface area contributed by atoms with E-state index in [0.29, 0.717) is 17.3 Å². The maximum absolute atomic E-state index is 11.2. The van der Waals surface area contributed by atoms with E-state index < -0.39 is 10.0 Å². The Bertz CT molecular complexity index is 983. The fourth-order valence-electron chi connectivity index (χ4n) is 2.27. The van der Waals surface area contributed by atoms with Gasteiger partial charge in [-0.2, -0.15) is 5.10 Å². The van der Waals surface area contributed by atoms with Crippen LogP contribution in [0.4, 0.5) is 5.69 Å². The van der Waals surface area contributed by atoms with Crippen LogP contribution in [0.3, 0.4) is 0 Å². The molecule has 0 saturated carbocycles. The predicted octanol–water partition coefficient (Wildman–Crippen LogP) is 2.01. The maximum Gasteiger partial charge on any atom is 0.238 e. The van der Waals surface area contributed by atoms with Crippen molar-refractivity contribution in [3.8, 4) is 5.69 Å². The Balaban J connectivity index is 1.54. The van der Waals surface area contributed by atoms with Gasteiger partial charge in [0.2, 0.25) is 10.0 Å². The Morgan fingerprint density at radius 3 is 2.38 bits per heavy atom. The van der Waals surface area contributed by atoms with Gasteiger partial charge in [-0.3, -0.25) is 0 Å². The molecule has 0 atom stereocenters. The molecular formula is C17H17N5O2S2. The molecule has 1 heterocycles. The topological polar surface area (TPSA) is 102 Å². The van der Waals surface area contributed by atoms with Crippen molar-refractivity contribution in [1.82, 2.24) is 15.1 Å². The van der Waals surface area contributed by atoms with E-state index in [1.807, 2.05) is 36.5 Å². The standard InChI is InChI=1S/C17H17N5O2S2/c18-26(23,24)16-8-4-14(5-9-16)21-17(25)19-12-13-2-6-15(7-3-13)22-11-1-10-20-22/h1-11H,12H2,(H2,18,23,24)(H2,19,21,25). The summed E-state index contributed by atoms with van der Waals surface area (Å²) in [4.78, 5) is 0.0548. The molecule has 0 aliphatic rings. The molecule has 1 aromatic heterocycles. The summed E-state index contributed by atoms with van der Waals surface area (Å²) in [5.41, 5.74) is 2.72. The smallest absolute Gasteiger partial charge is 0.238 e. The zero-order chi connectivity index (χ0) is 18.6. The third kappa shape index (κ3) is 4.66. The number of thiocarbonyl (C=S) groups is 1. The minimum absolute atomic E-state index is 0.0548. The summed E-state index contributed by atoms with van der Waals surface area (Å²) < 4.78 is 24.3. The first-order valence-corrected chi connectivity index (χ1v) is 9.64. The van der Waals surface area contributed by atoms with Gasteiger partial charge in [-0.1, -0.05) is 12.1 Å². The lowest BCUT2D eigenvalue weighted by molar-refractivity contribution is 0.598. The molecule has 0 radical (unpaired) electrons. The highest BCUT2D eigenvalue weighted by molar-refractivity contribution is 7.89. The third-order valence-electron chi connectivity index (χ3n) is 3.60. The molecule has 0 amide bonds. The fourth-order valence-corrected chi connectivity index (χ4v) is 2.98. The average molecular weight is 387 g/mol. The molecule has 0 bridgehead atoms. The second-order valence-corrected chi connectivity index (χ2v) is 7.46. The van der Waals surface area contributed by atoms with Crippen molar-refractivity contribution in [1.29, 1.82) is 0 Å². The first-order valence-electron chi connectivity index (χ1n) is 7.68. The zero-order valence-corrected chi connectivity index (χ0v) is 15.3. The average Bonchev–Trinajstić information content (AvgIpc) is 3.15. The number of nitrogens with one attached hydrogen (secondary N) is 2. The van der Waals surface area contributed by atoms with E-state index in [2.05, 4.69) is 15.7 Å². The third-order valence-corrected chi connectivity index (χ3v) is 4.77. The number of benzene rings is 2. The SMILES string of the molecule is NS(=O)(=O)c1ccc(NC(=S)NCc2ccc(-n3cccn3)cc2)cc1. The van der Waals surface area contributed by atoms with Crippen LogP contribution in [0.25, 0.3) is 5.69 Å². The first kappa shape index (κ1) is 18.1. The zero-order valence-electron chi connectivity index (χ0n) is 13.7. The lowest BCUT2D eigenvalue weighted by Gasteiger charge is -2.11. The van der Waals surface area contributed by atoms with Crippen molar-refractivity contribution < 1.29 is 8.42 Å². The summed E-state index contributed by atoms with van der Waals surface area (Å²) in [5.74, 6) is 0. The van der Waals surface area contributed by atoms with Crippen molar-refractivity contribution in [3.05, 3.63) is 72.6 Å². The van der Waals surface area contributed by atoms with Crippen molar-refractivity contribution >= 4 is 33.0 Å². The van der Waals surface area contributed by atoms with Gasteiger partial charge in [-0.25, -0.2) is 18.2 Å². The second kappa shape index (κ2) is 7.65. The van der Waals surface area contributed by atoms with Crippen LogP contribution in [0, 0.1) is 0 Å². The van der Waals surface area contributed by atoms with E-state index in [1.54, 1.807) is 23.0 Å². The van der Waals surface area contributed by atoms with E-state index >= 15 is 0 Å². The number of anilines is 1. The molecule has 3 rings (SSSR count). The minimum Gasteiger partial charge on any atom is -0.358 e. The molecule has 3 aromatic rings. The van der Waals surface area contributed by atoms with E-state index in [-0.39, 0.29) is 4.90 Å². The molecule has 0 unspecified atom stereocenters. The molecule has 4 N–H and O–H groups in total. The van der Waals surface area contributed by atoms with E-state index in [9.17, 15) is 8.42 Å². The van der Waals surface area contributed by atoms with Gasteiger partial charge in [0.15, 0.2) is 5.11 Å². The summed E-state index contributed by atoms with van der Waals surface area (Å²) in [6.07, 6.45) is 3.61. The molecule has 134 valence electrons. The summed E-state index contributed by atoms with van der Waals surface area (Å²) >= 11 is 5.25. The molecule has 0 spiro atoms. The molecule has 2 aromatic carbocycles. The van der Waals surface area contributed by atoms with Crippen molar-refractivity contribution in [2.24, 2.45) is 5.14 Å². The van der Waals surface area contributed by atoms with E-state index in [4.69, 9.17) is 17.4 Å². The predicted molar refractivity (Wildman–Crippen MR) is 104 cm³/mol. The van der Waals surface area contributed by atoms with Gasteiger partial charge in [0, 0.05) is 24.6 Å². The number of hydrogen-bond acceptors (Lipinski definition) is 4. The Morgan fingerprint density at radius 1 is 1.12 bits per heavy atom. The quantitative estimate of drug-likeness (QED) is 0.579. The highest BCUT2D eigenvalue weighted by atomic mass is 32.2. The summed E-state index contributed by atoms with van der Waals surface area (Å²) in [6, 6.07) is 15.9. The number of rotatable bonds is 5. The minimum atomic E-state index is -3.70. The lowest BCUT2D eigenvalue weighted by Crippen LogP contribution is -2.27. The second-order valence-electron chi connectivity index (χ2n) is 5.49. The maximum atomic E-state index is 11.2. The van der Waals surface area contributed by atoms with Gasteiger partial charge < -0.3 is 10.6 Å². The summed E-state index contributed by atoms with van der Waals surface area (Å²) in [7, 11) is -3.70. The Morgan fingerprint density at radius 2 is 1.81 bits per heavy atom. The molecule has 0 aliphatic heterocycles. The molecule has 7 nitrogen and oxygen atoms in total. The van der Waals surface area contributed by atoms with Crippen LogP contribution in [-0.4, -0.2) is 23.3 Å². The Kier molecular flexibility index (Phi) is 5.31. The van der Waals surface area contributed by atoms with Crippen LogP contribution >= 0.6 is 12.2 Å². The number of nitrogens with two attached hydrogens (primary N) is 1. The van der Waals surface area contributed by atoms with Crippen LogP contribution in [0.2, 0.25) is 0 Å². The van der Waals surface area contributed by atoms with Gasteiger partial charge in [-0.15, -0.1) is 0 Å². The summed E-state index contributed by atoms with van der Waals surface area (Å²) in [6.45, 7) is 0.556. The van der Waals surface area contributed by atoms with Gasteiger partial charge >= 0.3 is 0 Å². The number of sulfonamides is 1. The number of nitrogens with zero attached hydrogens (tertiary/aromatic N) is 2. The molecule has 26 heavy (non-hydrogen) atoms. The molecule has 0 aliphatic carbocycles. The highest BCUT2D eigenvalue weighted by Gasteiger charge is 2.07. The van der Waals surface area contributed by atoms with Gasteiger partial charge in [0.1, 0.15) is 0 Å². The van der Waals surface area contributed by atoms with Crippen molar-refractivity contribution in [2.45, 2.75) is 11.4 Å². The van der Waals surface area contributed by atoms with E-state index in [1.165, 1.54) is 12.1 Å². The van der Waals surface area contributed by atoms with Gasteiger partial charge in [0.25, 0.3) is 0 Å². The van der Waals surface area contributed by atoms with Crippen LogP contribution in [0.1, 0.15) is 5.56 Å². The number of hydrogen-bond donors (Lipinski definition) is 3. The van der Waals surface area contributed by atoms with Crippen LogP contribution < -0.4 is 15.8 Å². The van der Waals surface area contributed by atoms with Crippen molar-refractivity contribution in [3.63, 3.8) is 0 Å². The van der Waals surface area contributed by atoms with Crippen LogP contribution in [-0.2, 0) is 16.6 Å². The monoisotopic (exact) mass is 387 g/mol. The number of primary sulfonamides is 1. The highest BCUT2D eigenvalue weighted by Crippen LogP contribution is 2.13. The molecule has 0 saturated heterocycles. The number of aromatic nitrogens is 2. The summed E-state index contributed by atoms with van der Waals surface area (Å²) in [5, 5.41) is 15.8. The Labute approximate surface area is 156 Å². The van der Waals surface area contributed by atoms with E-state index in [0.717, 1.165) is 11.3 Å². The fraction of sp³-hybridized carbons (Fsp3) is 0.0588. The Hall–Kier alpha value is -2.75.